The van der Waals surface area contributed by atoms with Crippen LogP contribution in [-0.4, -0.2) is 35.6 Å². The Bertz CT molecular complexity index is 512. The van der Waals surface area contributed by atoms with E-state index in [9.17, 15) is 4.79 Å². The van der Waals surface area contributed by atoms with E-state index in [1.54, 1.807) is 0 Å². The van der Waals surface area contributed by atoms with Crippen molar-refractivity contribution in [2.24, 2.45) is 5.92 Å². The summed E-state index contributed by atoms with van der Waals surface area (Å²) in [5.41, 5.74) is 0. The Morgan fingerprint density at radius 3 is 3.15 bits per heavy atom. The standard InChI is InChI=1S/C16H21NO2S/c1-2-5-13-9-10-17(12-13)16(19)15-8-7-14(20-15)6-3-4-11-18/h7-8,13,18H,2,4-5,9-12H2,1H3. The summed E-state index contributed by atoms with van der Waals surface area (Å²) >= 11 is 1.45. The fourth-order valence-electron chi connectivity index (χ4n) is 2.54. The van der Waals surface area contributed by atoms with Gasteiger partial charge in [0.25, 0.3) is 5.91 Å². The van der Waals surface area contributed by atoms with Crippen LogP contribution in [0.25, 0.3) is 0 Å². The number of amides is 1. The zero-order valence-electron chi connectivity index (χ0n) is 11.9. The summed E-state index contributed by atoms with van der Waals surface area (Å²) in [4.78, 5) is 16.0. The largest absolute Gasteiger partial charge is 0.395 e. The Labute approximate surface area is 124 Å². The predicted molar refractivity (Wildman–Crippen MR) is 81.8 cm³/mol. The van der Waals surface area contributed by atoms with Crippen LogP contribution in [0.3, 0.4) is 0 Å². The van der Waals surface area contributed by atoms with Crippen LogP contribution in [0.4, 0.5) is 0 Å². The van der Waals surface area contributed by atoms with Crippen LogP contribution in [0.2, 0.25) is 0 Å². The molecule has 20 heavy (non-hydrogen) atoms. The molecule has 0 bridgehead atoms. The lowest BCUT2D eigenvalue weighted by molar-refractivity contribution is 0.0791. The van der Waals surface area contributed by atoms with Crippen LogP contribution in [0.15, 0.2) is 12.1 Å². The van der Waals surface area contributed by atoms with E-state index in [2.05, 4.69) is 18.8 Å². The molecule has 2 rings (SSSR count). The molecule has 108 valence electrons. The van der Waals surface area contributed by atoms with Gasteiger partial charge in [-0.1, -0.05) is 25.2 Å². The van der Waals surface area contributed by atoms with Gasteiger partial charge < -0.3 is 10.0 Å². The van der Waals surface area contributed by atoms with Gasteiger partial charge in [-0.05, 0) is 30.9 Å². The van der Waals surface area contributed by atoms with Gasteiger partial charge in [-0.25, -0.2) is 0 Å². The number of hydrogen-bond acceptors (Lipinski definition) is 3. The first kappa shape index (κ1) is 15.1. The lowest BCUT2D eigenvalue weighted by atomic mass is 10.0. The van der Waals surface area contributed by atoms with Crippen molar-refractivity contribution in [3.8, 4) is 11.8 Å². The van der Waals surface area contributed by atoms with Crippen molar-refractivity contribution in [3.05, 3.63) is 21.9 Å². The number of thiophene rings is 1. The molecule has 0 radical (unpaired) electrons. The van der Waals surface area contributed by atoms with E-state index >= 15 is 0 Å². The Morgan fingerprint density at radius 1 is 1.55 bits per heavy atom. The Balaban J connectivity index is 1.95. The lowest BCUT2D eigenvalue weighted by Crippen LogP contribution is -2.27. The van der Waals surface area contributed by atoms with Gasteiger partial charge in [0, 0.05) is 19.5 Å². The number of likely N-dealkylation sites (tertiary alicyclic amines) is 1. The second-order valence-electron chi connectivity index (χ2n) is 5.13. The molecule has 1 aliphatic rings. The molecule has 1 N–H and O–H groups in total. The molecule has 0 spiro atoms. The molecule has 1 saturated heterocycles. The van der Waals surface area contributed by atoms with Crippen molar-refractivity contribution < 1.29 is 9.90 Å². The topological polar surface area (TPSA) is 40.5 Å². The molecule has 1 amide bonds. The van der Waals surface area contributed by atoms with Crippen LogP contribution >= 0.6 is 11.3 Å². The Morgan fingerprint density at radius 2 is 2.40 bits per heavy atom. The number of rotatable bonds is 4. The van der Waals surface area contributed by atoms with Gasteiger partial charge in [0.2, 0.25) is 0 Å². The maximum absolute atomic E-state index is 12.4. The van der Waals surface area contributed by atoms with Crippen LogP contribution in [0.5, 0.6) is 0 Å². The maximum Gasteiger partial charge on any atom is 0.263 e. The maximum atomic E-state index is 12.4. The van der Waals surface area contributed by atoms with Gasteiger partial charge in [-0.3, -0.25) is 4.79 Å². The number of aliphatic hydroxyl groups excluding tert-OH is 1. The highest BCUT2D eigenvalue weighted by Gasteiger charge is 2.26. The Hall–Kier alpha value is -1.31. The number of nitrogens with zero attached hydrogens (tertiary/aromatic N) is 1. The minimum absolute atomic E-state index is 0.0801. The van der Waals surface area contributed by atoms with Gasteiger partial charge in [0.1, 0.15) is 0 Å². The quantitative estimate of drug-likeness (QED) is 0.867. The second-order valence-corrected chi connectivity index (χ2v) is 6.22. The first-order valence-corrected chi connectivity index (χ1v) is 8.05. The van der Waals surface area contributed by atoms with Crippen molar-refractivity contribution in [2.45, 2.75) is 32.6 Å². The highest BCUT2D eigenvalue weighted by atomic mass is 32.1. The van der Waals surface area contributed by atoms with Gasteiger partial charge in [0.05, 0.1) is 16.4 Å². The first-order valence-electron chi connectivity index (χ1n) is 7.23. The molecule has 0 saturated carbocycles. The fourth-order valence-corrected chi connectivity index (χ4v) is 3.39. The van der Waals surface area contributed by atoms with Crippen molar-refractivity contribution >= 4 is 17.2 Å². The summed E-state index contributed by atoms with van der Waals surface area (Å²) in [5, 5.41) is 8.69. The van der Waals surface area contributed by atoms with Gasteiger partial charge >= 0.3 is 0 Å². The second kappa shape index (κ2) is 7.47. The molecule has 4 heteroatoms. The fraction of sp³-hybridized carbons (Fsp3) is 0.562. The predicted octanol–water partition coefficient (Wildman–Crippen LogP) is 2.74. The SMILES string of the molecule is CCCC1CCN(C(=O)c2ccc(C#CCCO)s2)C1. The van der Waals surface area contributed by atoms with Crippen molar-refractivity contribution in [1.82, 2.24) is 4.90 Å². The highest BCUT2D eigenvalue weighted by Crippen LogP contribution is 2.24. The molecule has 1 aromatic rings. The summed E-state index contributed by atoms with van der Waals surface area (Å²) in [6.45, 7) is 4.06. The molecule has 1 unspecified atom stereocenters. The van der Waals surface area contributed by atoms with Crippen LogP contribution in [-0.2, 0) is 0 Å². The van der Waals surface area contributed by atoms with Crippen molar-refractivity contribution in [3.63, 3.8) is 0 Å². The molecular formula is C16H21NO2S. The molecule has 1 fully saturated rings. The highest BCUT2D eigenvalue weighted by molar-refractivity contribution is 7.14. The Kier molecular flexibility index (Phi) is 5.63. The average molecular weight is 291 g/mol. The summed E-state index contributed by atoms with van der Waals surface area (Å²) in [5.74, 6) is 6.68. The molecule has 2 heterocycles. The third-order valence-electron chi connectivity index (χ3n) is 3.54. The van der Waals surface area contributed by atoms with E-state index in [0.717, 1.165) is 29.3 Å². The summed E-state index contributed by atoms with van der Waals surface area (Å²) in [6, 6.07) is 3.75. The molecule has 0 aromatic carbocycles. The molecule has 1 atom stereocenters. The van der Waals surface area contributed by atoms with Crippen LogP contribution in [0.1, 0.15) is 47.2 Å². The molecule has 1 aromatic heterocycles. The lowest BCUT2D eigenvalue weighted by Gasteiger charge is -2.15. The van der Waals surface area contributed by atoms with Crippen LogP contribution in [0, 0.1) is 17.8 Å². The normalized spacial score (nSPS) is 17.9. The number of carbonyl (C=O) groups is 1. The van der Waals surface area contributed by atoms with Gasteiger partial charge in [-0.2, -0.15) is 0 Å². The molecule has 1 aliphatic heterocycles. The van der Waals surface area contributed by atoms with Crippen molar-refractivity contribution in [2.75, 3.05) is 19.7 Å². The smallest absolute Gasteiger partial charge is 0.263 e. The van der Waals surface area contributed by atoms with E-state index in [4.69, 9.17) is 5.11 Å². The molecular weight excluding hydrogens is 270 g/mol. The van der Waals surface area contributed by atoms with Crippen molar-refractivity contribution in [1.29, 1.82) is 0 Å². The third-order valence-corrected chi connectivity index (χ3v) is 4.52. The van der Waals surface area contributed by atoms with E-state index in [1.807, 2.05) is 17.0 Å². The zero-order valence-corrected chi connectivity index (χ0v) is 12.7. The number of hydrogen-bond donors (Lipinski definition) is 1. The number of aliphatic hydroxyl groups is 1. The summed E-state index contributed by atoms with van der Waals surface area (Å²) in [6.07, 6.45) is 4.02. The van der Waals surface area contributed by atoms with E-state index in [0.29, 0.717) is 12.3 Å². The van der Waals surface area contributed by atoms with E-state index in [-0.39, 0.29) is 12.5 Å². The van der Waals surface area contributed by atoms with E-state index < -0.39 is 0 Å². The monoisotopic (exact) mass is 291 g/mol. The van der Waals surface area contributed by atoms with Gasteiger partial charge in [-0.15, -0.1) is 11.3 Å². The summed E-state index contributed by atoms with van der Waals surface area (Å²) < 4.78 is 0. The minimum atomic E-state index is 0.0801. The summed E-state index contributed by atoms with van der Waals surface area (Å²) in [7, 11) is 0. The molecule has 3 nitrogen and oxygen atoms in total. The first-order chi connectivity index (χ1) is 9.74. The number of carbonyl (C=O) groups excluding carboxylic acids is 1. The third kappa shape index (κ3) is 3.84. The minimum Gasteiger partial charge on any atom is -0.395 e. The molecule has 0 aliphatic carbocycles. The van der Waals surface area contributed by atoms with E-state index in [1.165, 1.54) is 24.2 Å². The zero-order chi connectivity index (χ0) is 14.4. The average Bonchev–Trinajstić information content (AvgIpc) is 3.08. The van der Waals surface area contributed by atoms with Gasteiger partial charge in [0.15, 0.2) is 0 Å². The van der Waals surface area contributed by atoms with Crippen LogP contribution < -0.4 is 0 Å².